The van der Waals surface area contributed by atoms with Crippen LogP contribution in [0.25, 0.3) is 0 Å². The predicted octanol–water partition coefficient (Wildman–Crippen LogP) is 3.59. The number of pyridine rings is 1. The number of unbranched alkanes of at least 4 members (excludes halogenated alkanes) is 1. The number of aromatic nitrogens is 1. The van der Waals surface area contributed by atoms with E-state index in [2.05, 4.69) is 15.6 Å². The lowest BCUT2D eigenvalue weighted by Gasteiger charge is -2.07. The minimum Gasteiger partial charge on any atom is -0.481 e. The normalized spacial score (nSPS) is 9.92. The fourth-order valence-corrected chi connectivity index (χ4v) is 3.00. The highest BCUT2D eigenvalue weighted by molar-refractivity contribution is 6.10. The molecule has 188 valence electrons. The van der Waals surface area contributed by atoms with Crippen LogP contribution in [0.5, 0.6) is 0 Å². The van der Waals surface area contributed by atoms with E-state index in [1.165, 1.54) is 12.1 Å². The number of amides is 2. The summed E-state index contributed by atoms with van der Waals surface area (Å²) in [5.74, 6) is -2.21. The van der Waals surface area contributed by atoms with Crippen molar-refractivity contribution < 1.29 is 29.4 Å². The van der Waals surface area contributed by atoms with E-state index in [4.69, 9.17) is 15.9 Å². The molecule has 0 fully saturated rings. The van der Waals surface area contributed by atoms with Gasteiger partial charge in [0, 0.05) is 30.4 Å². The average molecular weight is 493 g/mol. The van der Waals surface area contributed by atoms with Gasteiger partial charge in [0.1, 0.15) is 5.82 Å². The van der Waals surface area contributed by atoms with E-state index in [0.29, 0.717) is 36.5 Å². The lowest BCUT2D eigenvalue weighted by atomic mass is 10.1. The maximum Gasteiger partial charge on any atom is 0.336 e. The molecule has 0 spiro atoms. The Bertz CT molecular complexity index is 1210. The van der Waals surface area contributed by atoms with Crippen LogP contribution >= 0.6 is 0 Å². The zero-order valence-corrected chi connectivity index (χ0v) is 19.7. The van der Waals surface area contributed by atoms with Crippen LogP contribution in [0.2, 0.25) is 0 Å². The third kappa shape index (κ3) is 9.26. The van der Waals surface area contributed by atoms with Gasteiger partial charge in [-0.1, -0.05) is 12.1 Å². The van der Waals surface area contributed by atoms with Gasteiger partial charge in [-0.2, -0.15) is 0 Å². The van der Waals surface area contributed by atoms with Crippen molar-refractivity contribution in [2.75, 3.05) is 17.6 Å². The molecule has 3 rings (SSSR count). The summed E-state index contributed by atoms with van der Waals surface area (Å²) in [5, 5.41) is 22.8. The standard InChI is InChI=1S/C14H12N2O3.C12H16N2O3/c1-9-6-7-15-12(8-9)16-13(17)10-4-2-3-5-11(10)14(18)19;13-10-6-4-9(5-7-10)12(17)14-8-2-1-3-11(15)16/h2-8H,1H3,(H,18,19)(H,15,16,17);4-7H,1-3,8,13H2,(H,14,17)(H,15,16). The molecule has 1 heterocycles. The average Bonchev–Trinajstić information content (AvgIpc) is 2.84. The fourth-order valence-electron chi connectivity index (χ4n) is 3.00. The number of hydrogen-bond donors (Lipinski definition) is 5. The summed E-state index contributed by atoms with van der Waals surface area (Å²) >= 11 is 0. The molecule has 6 N–H and O–H groups in total. The van der Waals surface area contributed by atoms with Gasteiger partial charge >= 0.3 is 11.9 Å². The number of rotatable bonds is 9. The number of benzene rings is 2. The first-order valence-electron chi connectivity index (χ1n) is 11.1. The van der Waals surface area contributed by atoms with Gasteiger partial charge in [0.05, 0.1) is 11.1 Å². The first kappa shape index (κ1) is 27.5. The summed E-state index contributed by atoms with van der Waals surface area (Å²) in [7, 11) is 0. The smallest absolute Gasteiger partial charge is 0.336 e. The third-order valence-electron chi connectivity index (χ3n) is 4.83. The molecule has 0 atom stereocenters. The number of aliphatic carboxylic acids is 1. The van der Waals surface area contributed by atoms with Crippen LogP contribution in [-0.2, 0) is 4.79 Å². The quantitative estimate of drug-likeness (QED) is 0.223. The SMILES string of the molecule is Cc1ccnc(NC(=O)c2ccccc2C(=O)O)c1.Nc1ccc(C(=O)NCCCCC(=O)O)cc1. The van der Waals surface area contributed by atoms with E-state index in [-0.39, 0.29) is 23.5 Å². The second-order valence-corrected chi connectivity index (χ2v) is 7.75. The van der Waals surface area contributed by atoms with E-state index in [0.717, 1.165) is 5.56 Å². The van der Waals surface area contributed by atoms with Gasteiger partial charge in [-0.05, 0) is 73.9 Å². The summed E-state index contributed by atoms with van der Waals surface area (Å²) < 4.78 is 0. The summed E-state index contributed by atoms with van der Waals surface area (Å²) in [6.07, 6.45) is 2.94. The molecule has 0 radical (unpaired) electrons. The molecule has 10 nitrogen and oxygen atoms in total. The number of carbonyl (C=O) groups is 4. The summed E-state index contributed by atoms with van der Waals surface area (Å²) in [6, 6.07) is 16.2. The van der Waals surface area contributed by atoms with Crippen LogP contribution in [0.1, 0.15) is 55.9 Å². The molecular weight excluding hydrogens is 464 g/mol. The highest BCUT2D eigenvalue weighted by atomic mass is 16.4. The molecule has 0 bridgehead atoms. The van der Waals surface area contributed by atoms with Gasteiger partial charge < -0.3 is 26.6 Å². The Morgan fingerprint density at radius 3 is 2.17 bits per heavy atom. The van der Waals surface area contributed by atoms with Crippen LogP contribution in [0.4, 0.5) is 11.5 Å². The van der Waals surface area contributed by atoms with Gasteiger partial charge in [-0.3, -0.25) is 14.4 Å². The zero-order valence-electron chi connectivity index (χ0n) is 19.7. The molecular formula is C26H28N4O6. The third-order valence-corrected chi connectivity index (χ3v) is 4.83. The molecule has 10 heteroatoms. The van der Waals surface area contributed by atoms with Gasteiger partial charge in [0.25, 0.3) is 11.8 Å². The van der Waals surface area contributed by atoms with Crippen molar-refractivity contribution in [3.05, 3.63) is 89.1 Å². The van der Waals surface area contributed by atoms with Gasteiger partial charge in [0.15, 0.2) is 0 Å². The lowest BCUT2D eigenvalue weighted by Crippen LogP contribution is -2.24. The number of hydrogen-bond acceptors (Lipinski definition) is 6. The first-order valence-corrected chi connectivity index (χ1v) is 11.1. The molecule has 1 aromatic heterocycles. The highest BCUT2D eigenvalue weighted by Crippen LogP contribution is 2.12. The number of anilines is 2. The molecule has 0 unspecified atom stereocenters. The summed E-state index contributed by atoms with van der Waals surface area (Å²) in [6.45, 7) is 2.36. The number of carbonyl (C=O) groups excluding carboxylic acids is 2. The molecule has 0 saturated carbocycles. The van der Waals surface area contributed by atoms with Gasteiger partial charge in [-0.25, -0.2) is 9.78 Å². The molecule has 2 aromatic carbocycles. The molecule has 0 aliphatic carbocycles. The molecule has 0 aliphatic rings. The highest BCUT2D eigenvalue weighted by Gasteiger charge is 2.16. The number of nitrogen functional groups attached to an aromatic ring is 1. The monoisotopic (exact) mass is 492 g/mol. The van der Waals surface area contributed by atoms with E-state index < -0.39 is 17.8 Å². The van der Waals surface area contributed by atoms with Crippen molar-refractivity contribution in [3.63, 3.8) is 0 Å². The maximum atomic E-state index is 12.0. The van der Waals surface area contributed by atoms with Crippen molar-refractivity contribution >= 4 is 35.3 Å². The Morgan fingerprint density at radius 1 is 0.889 bits per heavy atom. The molecule has 0 saturated heterocycles. The molecule has 2 amide bonds. The number of nitrogens with two attached hydrogens (primary N) is 1. The van der Waals surface area contributed by atoms with E-state index >= 15 is 0 Å². The summed E-state index contributed by atoms with van der Waals surface area (Å²) in [4.78, 5) is 48.9. The topological polar surface area (TPSA) is 172 Å². The minimum atomic E-state index is -1.14. The number of nitrogens with one attached hydrogen (secondary N) is 2. The van der Waals surface area contributed by atoms with Crippen LogP contribution in [0.15, 0.2) is 66.9 Å². The number of aromatic carboxylic acids is 1. The second-order valence-electron chi connectivity index (χ2n) is 7.75. The van der Waals surface area contributed by atoms with Crippen molar-refractivity contribution in [1.82, 2.24) is 10.3 Å². The fraction of sp³-hybridized carbons (Fsp3) is 0.192. The number of carboxylic acids is 2. The predicted molar refractivity (Wildman–Crippen MR) is 135 cm³/mol. The molecule has 36 heavy (non-hydrogen) atoms. The zero-order chi connectivity index (χ0) is 26.5. The van der Waals surface area contributed by atoms with Crippen LogP contribution in [0, 0.1) is 6.92 Å². The Balaban J connectivity index is 0.000000255. The van der Waals surface area contributed by atoms with E-state index in [9.17, 15) is 19.2 Å². The van der Waals surface area contributed by atoms with Crippen molar-refractivity contribution in [3.8, 4) is 0 Å². The minimum absolute atomic E-state index is 0.0346. The molecule has 3 aromatic rings. The molecule has 0 aliphatic heterocycles. The Hall–Kier alpha value is -4.73. The van der Waals surface area contributed by atoms with Crippen molar-refractivity contribution in [2.45, 2.75) is 26.2 Å². The first-order chi connectivity index (χ1) is 17.2. The van der Waals surface area contributed by atoms with Crippen LogP contribution in [0.3, 0.4) is 0 Å². The Morgan fingerprint density at radius 2 is 1.56 bits per heavy atom. The number of nitrogens with zero attached hydrogens (tertiary/aromatic N) is 1. The number of carboxylic acid groups (broad SMARTS) is 2. The number of aryl methyl sites for hydroxylation is 1. The largest absolute Gasteiger partial charge is 0.481 e. The van der Waals surface area contributed by atoms with E-state index in [1.807, 2.05) is 6.92 Å². The second kappa shape index (κ2) is 13.9. The van der Waals surface area contributed by atoms with Crippen molar-refractivity contribution in [1.29, 1.82) is 0 Å². The van der Waals surface area contributed by atoms with Gasteiger partial charge in [0.2, 0.25) is 0 Å². The van der Waals surface area contributed by atoms with Crippen molar-refractivity contribution in [2.24, 2.45) is 0 Å². The Labute approximate surface area is 208 Å². The lowest BCUT2D eigenvalue weighted by molar-refractivity contribution is -0.137. The van der Waals surface area contributed by atoms with Crippen LogP contribution < -0.4 is 16.4 Å². The van der Waals surface area contributed by atoms with E-state index in [1.54, 1.807) is 54.7 Å². The van der Waals surface area contributed by atoms with Gasteiger partial charge in [-0.15, -0.1) is 0 Å². The van der Waals surface area contributed by atoms with Crippen LogP contribution in [-0.4, -0.2) is 45.5 Å². The summed E-state index contributed by atoms with van der Waals surface area (Å²) in [5.41, 5.74) is 7.70. The Kier molecular flexibility index (Phi) is 10.6. The maximum absolute atomic E-state index is 12.0.